The molecule has 1 saturated heterocycles. The van der Waals surface area contributed by atoms with Crippen LogP contribution in [-0.4, -0.2) is 37.0 Å². The first-order chi connectivity index (χ1) is 7.77. The van der Waals surface area contributed by atoms with E-state index in [9.17, 15) is 4.79 Å². The molecule has 1 N–H and O–H groups in total. The van der Waals surface area contributed by atoms with Gasteiger partial charge in [-0.3, -0.25) is 4.79 Å². The minimum Gasteiger partial charge on any atom is -0.341 e. The molecule has 0 aromatic heterocycles. The van der Waals surface area contributed by atoms with Gasteiger partial charge >= 0.3 is 0 Å². The van der Waals surface area contributed by atoms with Gasteiger partial charge in [0.1, 0.15) is 0 Å². The van der Waals surface area contributed by atoms with Gasteiger partial charge < -0.3 is 10.2 Å². The van der Waals surface area contributed by atoms with Gasteiger partial charge in [0.15, 0.2) is 0 Å². The van der Waals surface area contributed by atoms with Gasteiger partial charge in [-0.05, 0) is 38.1 Å². The number of likely N-dealkylation sites (N-methyl/N-ethyl adjacent to an activating group) is 1. The van der Waals surface area contributed by atoms with Crippen LogP contribution < -0.4 is 5.32 Å². The molecule has 2 aliphatic rings. The van der Waals surface area contributed by atoms with Gasteiger partial charge in [0.2, 0.25) is 5.91 Å². The SMILES string of the molecule is CN(C(=O)CC1CCCC1)[C@H]1CCCNC1. The number of rotatable bonds is 3. The molecule has 3 heteroatoms. The predicted octanol–water partition coefficient (Wildman–Crippen LogP) is 1.78. The molecular weight excluding hydrogens is 200 g/mol. The van der Waals surface area contributed by atoms with Gasteiger partial charge in [0.05, 0.1) is 0 Å². The molecule has 2 rings (SSSR count). The molecule has 1 aliphatic carbocycles. The number of nitrogens with zero attached hydrogens (tertiary/aromatic N) is 1. The van der Waals surface area contributed by atoms with E-state index >= 15 is 0 Å². The number of hydrogen-bond donors (Lipinski definition) is 1. The van der Waals surface area contributed by atoms with E-state index < -0.39 is 0 Å². The Hall–Kier alpha value is -0.570. The molecule has 0 bridgehead atoms. The van der Waals surface area contributed by atoms with Gasteiger partial charge in [-0.15, -0.1) is 0 Å². The van der Waals surface area contributed by atoms with Crippen LogP contribution in [0.1, 0.15) is 44.9 Å². The molecule has 0 aromatic rings. The van der Waals surface area contributed by atoms with Crippen molar-refractivity contribution in [3.05, 3.63) is 0 Å². The fraction of sp³-hybridized carbons (Fsp3) is 0.923. The van der Waals surface area contributed by atoms with Crippen molar-refractivity contribution in [3.8, 4) is 0 Å². The number of carbonyl (C=O) groups excluding carboxylic acids is 1. The topological polar surface area (TPSA) is 32.3 Å². The summed E-state index contributed by atoms with van der Waals surface area (Å²) in [7, 11) is 1.98. The van der Waals surface area contributed by atoms with Crippen LogP contribution in [-0.2, 0) is 4.79 Å². The lowest BCUT2D eigenvalue weighted by Gasteiger charge is -2.32. The van der Waals surface area contributed by atoms with Crippen LogP contribution >= 0.6 is 0 Å². The third-order valence-electron chi connectivity index (χ3n) is 4.15. The van der Waals surface area contributed by atoms with E-state index in [-0.39, 0.29) is 0 Å². The Morgan fingerprint density at radius 1 is 1.25 bits per heavy atom. The Labute approximate surface area is 98.6 Å². The third-order valence-corrected chi connectivity index (χ3v) is 4.15. The summed E-state index contributed by atoms with van der Waals surface area (Å²) in [6.07, 6.45) is 8.34. The van der Waals surface area contributed by atoms with Crippen LogP contribution in [0.2, 0.25) is 0 Å². The Bertz CT molecular complexity index is 230. The van der Waals surface area contributed by atoms with Gasteiger partial charge in [-0.25, -0.2) is 0 Å². The first-order valence-corrected chi connectivity index (χ1v) is 6.74. The summed E-state index contributed by atoms with van der Waals surface area (Å²) >= 11 is 0. The minimum atomic E-state index is 0.362. The van der Waals surface area contributed by atoms with Gasteiger partial charge in [-0.1, -0.05) is 12.8 Å². The first kappa shape index (κ1) is 11.9. The number of amides is 1. The molecule has 0 radical (unpaired) electrons. The number of nitrogens with one attached hydrogen (secondary N) is 1. The summed E-state index contributed by atoms with van der Waals surface area (Å²) < 4.78 is 0. The van der Waals surface area contributed by atoms with Crippen LogP contribution in [0.25, 0.3) is 0 Å². The molecule has 16 heavy (non-hydrogen) atoms. The van der Waals surface area contributed by atoms with Gasteiger partial charge in [-0.2, -0.15) is 0 Å². The number of hydrogen-bond acceptors (Lipinski definition) is 2. The molecule has 2 fully saturated rings. The maximum absolute atomic E-state index is 12.1. The fourth-order valence-electron chi connectivity index (χ4n) is 2.97. The fourth-order valence-corrected chi connectivity index (χ4v) is 2.97. The Kier molecular flexibility index (Phi) is 4.22. The lowest BCUT2D eigenvalue weighted by atomic mass is 10.0. The van der Waals surface area contributed by atoms with Crippen molar-refractivity contribution in [2.24, 2.45) is 5.92 Å². The summed E-state index contributed by atoms with van der Waals surface area (Å²) in [6, 6.07) is 0.433. The van der Waals surface area contributed by atoms with E-state index in [4.69, 9.17) is 0 Å². The molecule has 1 atom stereocenters. The Morgan fingerprint density at radius 2 is 2.00 bits per heavy atom. The molecule has 1 heterocycles. The monoisotopic (exact) mass is 224 g/mol. The second-order valence-corrected chi connectivity index (χ2v) is 5.36. The maximum Gasteiger partial charge on any atom is 0.222 e. The lowest BCUT2D eigenvalue weighted by molar-refractivity contribution is -0.133. The second-order valence-electron chi connectivity index (χ2n) is 5.36. The zero-order valence-corrected chi connectivity index (χ0v) is 10.4. The highest BCUT2D eigenvalue weighted by molar-refractivity contribution is 5.76. The van der Waals surface area contributed by atoms with E-state index in [1.165, 1.54) is 38.5 Å². The summed E-state index contributed by atoms with van der Waals surface area (Å²) in [5.41, 5.74) is 0. The van der Waals surface area contributed by atoms with Gasteiger partial charge in [0.25, 0.3) is 0 Å². The smallest absolute Gasteiger partial charge is 0.222 e. The Morgan fingerprint density at radius 3 is 2.62 bits per heavy atom. The third kappa shape index (κ3) is 2.97. The minimum absolute atomic E-state index is 0.362. The van der Waals surface area contributed by atoms with E-state index in [2.05, 4.69) is 5.32 Å². The van der Waals surface area contributed by atoms with Crippen molar-refractivity contribution >= 4 is 5.91 Å². The number of piperidine rings is 1. The summed E-state index contributed by atoms with van der Waals surface area (Å²) in [5.74, 6) is 1.03. The molecule has 0 unspecified atom stereocenters. The molecular formula is C13H24N2O. The molecule has 1 amide bonds. The van der Waals surface area contributed by atoms with Crippen LogP contribution in [0.5, 0.6) is 0 Å². The first-order valence-electron chi connectivity index (χ1n) is 6.74. The number of carbonyl (C=O) groups is 1. The summed E-state index contributed by atoms with van der Waals surface area (Å²) in [4.78, 5) is 14.1. The Balaban J connectivity index is 1.78. The largest absolute Gasteiger partial charge is 0.341 e. The molecule has 92 valence electrons. The van der Waals surface area contributed by atoms with Gasteiger partial charge in [0, 0.05) is 26.1 Å². The van der Waals surface area contributed by atoms with E-state index in [1.54, 1.807) is 0 Å². The van der Waals surface area contributed by atoms with Crippen molar-refractivity contribution in [3.63, 3.8) is 0 Å². The normalized spacial score (nSPS) is 26.9. The molecule has 1 saturated carbocycles. The highest BCUT2D eigenvalue weighted by atomic mass is 16.2. The van der Waals surface area contributed by atoms with Crippen molar-refractivity contribution in [1.29, 1.82) is 0 Å². The predicted molar refractivity (Wildman–Crippen MR) is 65.2 cm³/mol. The quantitative estimate of drug-likeness (QED) is 0.792. The lowest BCUT2D eigenvalue weighted by Crippen LogP contribution is -2.46. The summed E-state index contributed by atoms with van der Waals surface area (Å²) in [6.45, 7) is 2.09. The molecule has 0 spiro atoms. The van der Waals surface area contributed by atoms with Crippen LogP contribution in [0.4, 0.5) is 0 Å². The zero-order valence-electron chi connectivity index (χ0n) is 10.4. The van der Waals surface area contributed by atoms with Crippen molar-refractivity contribution < 1.29 is 4.79 Å². The highest BCUT2D eigenvalue weighted by Crippen LogP contribution is 2.28. The van der Waals surface area contributed by atoms with Crippen LogP contribution in [0.15, 0.2) is 0 Å². The van der Waals surface area contributed by atoms with Crippen molar-refractivity contribution in [2.75, 3.05) is 20.1 Å². The highest BCUT2D eigenvalue weighted by Gasteiger charge is 2.25. The standard InChI is InChI=1S/C13H24N2O/c1-15(12-7-4-8-14-10-12)13(16)9-11-5-2-3-6-11/h11-12,14H,2-10H2,1H3/t12-/m0/s1. The molecule has 1 aliphatic heterocycles. The molecule has 0 aromatic carbocycles. The zero-order chi connectivity index (χ0) is 11.4. The maximum atomic E-state index is 12.1. The van der Waals surface area contributed by atoms with E-state index in [1.807, 2.05) is 11.9 Å². The average molecular weight is 224 g/mol. The second kappa shape index (κ2) is 5.67. The van der Waals surface area contributed by atoms with E-state index in [0.717, 1.165) is 19.5 Å². The molecule has 3 nitrogen and oxygen atoms in total. The van der Waals surface area contributed by atoms with E-state index in [0.29, 0.717) is 17.9 Å². The summed E-state index contributed by atoms with van der Waals surface area (Å²) in [5, 5.41) is 3.37. The van der Waals surface area contributed by atoms with Crippen LogP contribution in [0.3, 0.4) is 0 Å². The average Bonchev–Trinajstić information content (AvgIpc) is 2.82. The van der Waals surface area contributed by atoms with Crippen molar-refractivity contribution in [1.82, 2.24) is 10.2 Å². The van der Waals surface area contributed by atoms with Crippen molar-refractivity contribution in [2.45, 2.75) is 51.0 Å². The van der Waals surface area contributed by atoms with Crippen LogP contribution in [0, 0.1) is 5.92 Å².